The maximum absolute atomic E-state index is 14.6. The smallest absolute Gasteiger partial charge is 0.337 e. The standard InChI is InChI=1S/C22H24F3NO6.C18H16F3NO4/c1-5-31-22(29)20-16(10-32-12(3)27)26-15(9-23)19(21(28)30-4)18(20)13-7-6-8-14(25)17(13)11(2)24;1-8(20)13-9(4-3-5-10(13)21)14-15(17(23)25-2)11(6-19)22-12-7-26-18(24)16(12)14/h6-8,11,18,26H,5,9-10H2,1-4H3;3-5,8,14,22H,6-7H2,1-2H3. The summed E-state index contributed by atoms with van der Waals surface area (Å²) in [4.78, 5) is 61.5. The predicted molar refractivity (Wildman–Crippen MR) is 192 cm³/mol. The molecule has 0 amide bonds. The summed E-state index contributed by atoms with van der Waals surface area (Å²) in [6.07, 6.45) is -3.54. The van der Waals surface area contributed by atoms with Crippen LogP contribution in [0.5, 0.6) is 0 Å². The lowest BCUT2D eigenvalue weighted by molar-refractivity contribution is -0.142. The van der Waals surface area contributed by atoms with Gasteiger partial charge in [0.2, 0.25) is 0 Å². The van der Waals surface area contributed by atoms with Gasteiger partial charge in [0.05, 0.1) is 77.7 Å². The Kier molecular flexibility index (Phi) is 14.9. The third kappa shape index (κ3) is 9.05. The normalized spacial score (nSPS) is 18.5. The van der Waals surface area contributed by atoms with E-state index in [2.05, 4.69) is 10.6 Å². The molecule has 0 aliphatic carbocycles. The average Bonchev–Trinajstić information content (AvgIpc) is 3.57. The molecule has 58 heavy (non-hydrogen) atoms. The van der Waals surface area contributed by atoms with Crippen molar-refractivity contribution in [1.29, 1.82) is 0 Å². The number of benzene rings is 2. The fraction of sp³-hybridized carbons (Fsp3) is 0.375. The fourth-order valence-electron chi connectivity index (χ4n) is 6.91. The van der Waals surface area contributed by atoms with Crippen molar-refractivity contribution in [2.24, 2.45) is 0 Å². The molecule has 0 saturated heterocycles. The Morgan fingerprint density at radius 1 is 0.759 bits per heavy atom. The molecule has 312 valence electrons. The zero-order valence-corrected chi connectivity index (χ0v) is 32.2. The summed E-state index contributed by atoms with van der Waals surface area (Å²) in [5.74, 6) is -8.64. The van der Waals surface area contributed by atoms with Gasteiger partial charge in [-0.3, -0.25) is 4.79 Å². The van der Waals surface area contributed by atoms with E-state index in [-0.39, 0.29) is 75.0 Å². The quantitative estimate of drug-likeness (QED) is 0.145. The second-order valence-electron chi connectivity index (χ2n) is 12.7. The molecule has 2 aromatic carbocycles. The molecule has 0 fully saturated rings. The minimum atomic E-state index is -1.82. The summed E-state index contributed by atoms with van der Waals surface area (Å²) in [7, 11) is 2.15. The molecular weight excluding hydrogens is 782 g/mol. The molecule has 0 aromatic heterocycles. The second kappa shape index (κ2) is 19.4. The van der Waals surface area contributed by atoms with Crippen molar-refractivity contribution in [3.63, 3.8) is 0 Å². The van der Waals surface area contributed by atoms with Crippen LogP contribution in [-0.2, 0) is 47.7 Å². The number of allylic oxidation sites excluding steroid dienone is 2. The van der Waals surface area contributed by atoms with Crippen LogP contribution < -0.4 is 10.6 Å². The van der Waals surface area contributed by atoms with Gasteiger partial charge in [-0.15, -0.1) is 0 Å². The number of alkyl halides is 4. The highest BCUT2D eigenvalue weighted by Gasteiger charge is 2.45. The van der Waals surface area contributed by atoms with E-state index in [0.29, 0.717) is 0 Å². The molecule has 3 aliphatic rings. The number of ether oxygens (including phenoxy) is 5. The van der Waals surface area contributed by atoms with Crippen molar-refractivity contribution in [2.45, 2.75) is 51.9 Å². The Bertz CT molecular complexity index is 2110. The summed E-state index contributed by atoms with van der Waals surface area (Å²) >= 11 is 0. The molecule has 0 saturated carbocycles. The van der Waals surface area contributed by atoms with Crippen molar-refractivity contribution in [1.82, 2.24) is 10.6 Å². The average molecular weight is 823 g/mol. The first-order valence-corrected chi connectivity index (χ1v) is 17.6. The lowest BCUT2D eigenvalue weighted by Gasteiger charge is -2.32. The van der Waals surface area contributed by atoms with E-state index in [1.807, 2.05) is 0 Å². The van der Waals surface area contributed by atoms with E-state index in [4.69, 9.17) is 23.7 Å². The van der Waals surface area contributed by atoms with Crippen molar-refractivity contribution in [3.05, 3.63) is 115 Å². The molecule has 3 aliphatic heterocycles. The SMILES string of the molecule is CCOC(=O)C1=C(COC(C)=O)NC(CF)=C(C(=O)OC)C1c1cccc(F)c1C(C)F.COC(=O)C1=C(CF)NC2=C(C(=O)OC2)C1c1cccc(F)c1C(C)F. The van der Waals surface area contributed by atoms with Crippen LogP contribution in [0.2, 0.25) is 0 Å². The zero-order valence-electron chi connectivity index (χ0n) is 32.2. The van der Waals surface area contributed by atoms with Gasteiger partial charge < -0.3 is 34.3 Å². The molecule has 0 bridgehead atoms. The second-order valence-corrected chi connectivity index (χ2v) is 12.7. The van der Waals surface area contributed by atoms with Crippen LogP contribution >= 0.6 is 0 Å². The molecule has 0 radical (unpaired) electrons. The third-order valence-corrected chi connectivity index (χ3v) is 9.21. The number of methoxy groups -OCH3 is 2. The summed E-state index contributed by atoms with van der Waals surface area (Å²) < 4.78 is 110. The van der Waals surface area contributed by atoms with Crippen LogP contribution in [0.1, 0.15) is 74.1 Å². The van der Waals surface area contributed by atoms with Gasteiger partial charge in [0.25, 0.3) is 0 Å². The topological polar surface area (TPSA) is 156 Å². The molecule has 0 spiro atoms. The van der Waals surface area contributed by atoms with Gasteiger partial charge in [-0.05, 0) is 44.0 Å². The van der Waals surface area contributed by atoms with Gasteiger partial charge in [-0.25, -0.2) is 45.5 Å². The lowest BCUT2D eigenvalue weighted by Crippen LogP contribution is -2.36. The number of hydrogen-bond donors (Lipinski definition) is 2. The summed E-state index contributed by atoms with van der Waals surface area (Å²) in [6, 6.07) is 7.45. The van der Waals surface area contributed by atoms with E-state index >= 15 is 0 Å². The number of rotatable bonds is 12. The molecule has 5 rings (SSSR count). The number of hydrogen-bond acceptors (Lipinski definition) is 12. The van der Waals surface area contributed by atoms with Crippen LogP contribution in [0.4, 0.5) is 26.3 Å². The predicted octanol–water partition coefficient (Wildman–Crippen LogP) is 6.07. The van der Waals surface area contributed by atoms with E-state index in [9.17, 15) is 50.3 Å². The number of carbonyl (C=O) groups is 5. The summed E-state index contributed by atoms with van der Waals surface area (Å²) in [5, 5.41) is 5.27. The first-order valence-electron chi connectivity index (χ1n) is 17.6. The first kappa shape index (κ1) is 44.6. The number of carbonyl (C=O) groups excluding carboxylic acids is 5. The molecule has 12 nitrogen and oxygen atoms in total. The Morgan fingerprint density at radius 2 is 1.24 bits per heavy atom. The molecule has 18 heteroatoms. The molecule has 4 atom stereocenters. The van der Waals surface area contributed by atoms with Gasteiger partial charge in [0.15, 0.2) is 0 Å². The van der Waals surface area contributed by atoms with E-state index in [1.165, 1.54) is 31.2 Å². The van der Waals surface area contributed by atoms with Gasteiger partial charge in [-0.2, -0.15) is 0 Å². The number of esters is 5. The minimum Gasteiger partial charge on any atom is -0.466 e. The van der Waals surface area contributed by atoms with Crippen LogP contribution in [0.15, 0.2) is 81.5 Å². The molecule has 2 aromatic rings. The third-order valence-electron chi connectivity index (χ3n) is 9.21. The molecule has 4 unspecified atom stereocenters. The van der Waals surface area contributed by atoms with Crippen molar-refractivity contribution in [3.8, 4) is 0 Å². The van der Waals surface area contributed by atoms with Crippen molar-refractivity contribution in [2.75, 3.05) is 47.4 Å². The minimum absolute atomic E-state index is 0.0232. The van der Waals surface area contributed by atoms with Gasteiger partial charge in [0, 0.05) is 18.1 Å². The van der Waals surface area contributed by atoms with Crippen LogP contribution in [0.25, 0.3) is 0 Å². The van der Waals surface area contributed by atoms with Gasteiger partial charge in [-0.1, -0.05) is 24.3 Å². The fourth-order valence-corrected chi connectivity index (χ4v) is 6.91. The summed E-state index contributed by atoms with van der Waals surface area (Å²) in [5.41, 5.74) is -1.76. The summed E-state index contributed by atoms with van der Waals surface area (Å²) in [6.45, 7) is 1.96. The number of cyclic esters (lactones) is 1. The Labute approximate surface area is 328 Å². The highest BCUT2D eigenvalue weighted by atomic mass is 19.2. The Morgan fingerprint density at radius 3 is 1.71 bits per heavy atom. The zero-order chi connectivity index (χ0) is 43.0. The van der Waals surface area contributed by atoms with E-state index in [0.717, 1.165) is 47.1 Å². The van der Waals surface area contributed by atoms with E-state index < -0.39 is 91.2 Å². The number of dihydropyridines is 2. The van der Waals surface area contributed by atoms with Crippen LogP contribution in [0, 0.1) is 11.6 Å². The molecular formula is C40H40F6N2O10. The largest absolute Gasteiger partial charge is 0.466 e. The lowest BCUT2D eigenvalue weighted by atomic mass is 9.77. The maximum Gasteiger partial charge on any atom is 0.337 e. The van der Waals surface area contributed by atoms with E-state index in [1.54, 1.807) is 0 Å². The Balaban J connectivity index is 0.000000262. The monoisotopic (exact) mass is 822 g/mol. The highest BCUT2D eigenvalue weighted by Crippen LogP contribution is 2.45. The molecule has 3 heterocycles. The number of halogens is 6. The van der Waals surface area contributed by atoms with Crippen LogP contribution in [0.3, 0.4) is 0 Å². The van der Waals surface area contributed by atoms with Crippen molar-refractivity contribution >= 4 is 29.8 Å². The number of nitrogens with one attached hydrogen (secondary N) is 2. The van der Waals surface area contributed by atoms with Gasteiger partial charge in [0.1, 0.15) is 50.5 Å². The molecule has 2 N–H and O–H groups in total. The van der Waals surface area contributed by atoms with Crippen molar-refractivity contribution < 1.29 is 74.0 Å². The highest BCUT2D eigenvalue weighted by molar-refractivity contribution is 6.02. The Hall–Kier alpha value is -6.07. The first-order chi connectivity index (χ1) is 27.6. The van der Waals surface area contributed by atoms with Gasteiger partial charge >= 0.3 is 29.8 Å². The maximum atomic E-state index is 14.6. The van der Waals surface area contributed by atoms with Crippen LogP contribution in [-0.4, -0.2) is 77.2 Å².